The molecule has 5 rings (SSSR count). The number of fused-ring (bicyclic) bond motifs is 7. The van der Waals surface area contributed by atoms with Crippen molar-refractivity contribution in [2.45, 2.75) is 38.5 Å². The summed E-state index contributed by atoms with van der Waals surface area (Å²) in [5.74, 6) is 0. The zero-order valence-electron chi connectivity index (χ0n) is 16.8. The third-order valence-electron chi connectivity index (χ3n) is 6.32. The van der Waals surface area contributed by atoms with E-state index in [9.17, 15) is 0 Å². The van der Waals surface area contributed by atoms with Crippen molar-refractivity contribution in [3.63, 3.8) is 0 Å². The number of benzene rings is 2. The summed E-state index contributed by atoms with van der Waals surface area (Å²) in [6.45, 7) is 8.97. The Balaban J connectivity index is 1.82. The number of aliphatic imine (C=N–C) groups is 2. The smallest absolute Gasteiger partial charge is 0.0890 e. The minimum absolute atomic E-state index is 0.176. The van der Waals surface area contributed by atoms with Crippen LogP contribution < -0.4 is 0 Å². The Morgan fingerprint density at radius 3 is 1.43 bits per heavy atom. The van der Waals surface area contributed by atoms with Gasteiger partial charge >= 0.3 is 0 Å². The second kappa shape index (κ2) is 5.75. The van der Waals surface area contributed by atoms with Gasteiger partial charge in [-0.3, -0.25) is 9.98 Å². The molecule has 8 bridgehead atoms. The van der Waals surface area contributed by atoms with Crippen LogP contribution in [0.5, 0.6) is 0 Å². The molecular weight excluding hydrogens is 340 g/mol. The first-order chi connectivity index (χ1) is 13.4. The Morgan fingerprint density at radius 2 is 1.00 bits per heavy atom. The van der Waals surface area contributed by atoms with Crippen molar-refractivity contribution in [2.24, 2.45) is 9.98 Å². The zero-order valence-corrected chi connectivity index (χ0v) is 16.8. The fourth-order valence-corrected chi connectivity index (χ4v) is 4.18. The molecule has 0 amide bonds. The van der Waals surface area contributed by atoms with Gasteiger partial charge in [-0.2, -0.15) is 0 Å². The maximum absolute atomic E-state index is 4.96. The van der Waals surface area contributed by atoms with Crippen molar-refractivity contribution in [3.05, 3.63) is 95.4 Å². The van der Waals surface area contributed by atoms with Crippen LogP contribution in [0.2, 0.25) is 0 Å². The van der Waals surface area contributed by atoms with Crippen LogP contribution in [0.4, 0.5) is 0 Å². The SMILES string of the molecule is CC1(C)C2=N/C(=C3/C=CC(=N3)C(C)(C)c3cccc(c3)-c3cccc1c3)C=C2. The molecule has 0 N–H and O–H groups in total. The van der Waals surface area contributed by atoms with Crippen molar-refractivity contribution in [1.29, 1.82) is 0 Å². The normalized spacial score (nSPS) is 23.3. The van der Waals surface area contributed by atoms with E-state index in [2.05, 4.69) is 101 Å². The maximum atomic E-state index is 4.96. The lowest BCUT2D eigenvalue weighted by Crippen LogP contribution is -2.27. The predicted octanol–water partition coefficient (Wildman–Crippen LogP) is 6.16. The van der Waals surface area contributed by atoms with Crippen LogP contribution in [0.3, 0.4) is 0 Å². The van der Waals surface area contributed by atoms with Crippen LogP contribution in [0.15, 0.2) is 94.2 Å². The molecule has 3 heterocycles. The van der Waals surface area contributed by atoms with E-state index in [1.165, 1.54) is 22.3 Å². The first-order valence-corrected chi connectivity index (χ1v) is 9.86. The summed E-state index contributed by atoms with van der Waals surface area (Å²) >= 11 is 0. The van der Waals surface area contributed by atoms with E-state index in [1.54, 1.807) is 0 Å². The average Bonchev–Trinajstić information content (AvgIpc) is 3.37. The van der Waals surface area contributed by atoms with Crippen molar-refractivity contribution in [3.8, 4) is 11.1 Å². The van der Waals surface area contributed by atoms with Crippen molar-refractivity contribution >= 4 is 11.4 Å². The summed E-state index contributed by atoms with van der Waals surface area (Å²) in [6.07, 6.45) is 8.47. The molecule has 2 heteroatoms. The molecule has 0 fully saturated rings. The van der Waals surface area contributed by atoms with Crippen LogP contribution in [0.1, 0.15) is 38.8 Å². The van der Waals surface area contributed by atoms with E-state index in [1.807, 2.05) is 0 Å². The minimum atomic E-state index is -0.176. The van der Waals surface area contributed by atoms with Gasteiger partial charge in [-0.15, -0.1) is 0 Å². The molecule has 0 spiro atoms. The molecule has 0 atom stereocenters. The zero-order chi connectivity index (χ0) is 19.5. The van der Waals surface area contributed by atoms with Gasteiger partial charge in [0.1, 0.15) is 0 Å². The molecule has 0 unspecified atom stereocenters. The molecule has 3 aliphatic rings. The Bertz CT molecular complexity index is 1060. The molecule has 0 saturated heterocycles. The first-order valence-electron chi connectivity index (χ1n) is 9.86. The third kappa shape index (κ3) is 2.48. The highest BCUT2D eigenvalue weighted by molar-refractivity contribution is 6.08. The summed E-state index contributed by atoms with van der Waals surface area (Å²) in [4.78, 5) is 9.93. The molecule has 138 valence electrons. The molecule has 2 aromatic rings. The Labute approximate surface area is 166 Å². The number of nitrogens with zero attached hydrogens (tertiary/aromatic N) is 2. The van der Waals surface area contributed by atoms with E-state index in [0.29, 0.717) is 0 Å². The second-order valence-electron chi connectivity index (χ2n) is 8.84. The van der Waals surface area contributed by atoms with Crippen molar-refractivity contribution in [1.82, 2.24) is 0 Å². The lowest BCUT2D eigenvalue weighted by molar-refractivity contribution is 0.719. The van der Waals surface area contributed by atoms with Crippen LogP contribution in [-0.2, 0) is 10.8 Å². The first kappa shape index (κ1) is 17.1. The monoisotopic (exact) mass is 364 g/mol. The van der Waals surface area contributed by atoms with Crippen LogP contribution >= 0.6 is 0 Å². The van der Waals surface area contributed by atoms with Crippen molar-refractivity contribution < 1.29 is 0 Å². The Kier molecular flexibility index (Phi) is 3.51. The Hall–Kier alpha value is -3.00. The van der Waals surface area contributed by atoms with Gasteiger partial charge in [-0.1, -0.05) is 76.2 Å². The van der Waals surface area contributed by atoms with Crippen LogP contribution in [0.25, 0.3) is 11.1 Å². The molecule has 2 aromatic carbocycles. The highest BCUT2D eigenvalue weighted by Gasteiger charge is 2.31. The molecule has 28 heavy (non-hydrogen) atoms. The summed E-state index contributed by atoms with van der Waals surface area (Å²) < 4.78 is 0. The number of rotatable bonds is 0. The number of hydrogen-bond acceptors (Lipinski definition) is 2. The predicted molar refractivity (Wildman–Crippen MR) is 118 cm³/mol. The minimum Gasteiger partial charge on any atom is -0.250 e. The van der Waals surface area contributed by atoms with Crippen LogP contribution in [0, 0.1) is 0 Å². The number of allylic oxidation sites excluding steroid dienone is 4. The maximum Gasteiger partial charge on any atom is 0.0890 e. The van der Waals surface area contributed by atoms with Gasteiger partial charge in [0.2, 0.25) is 0 Å². The second-order valence-corrected chi connectivity index (χ2v) is 8.84. The van der Waals surface area contributed by atoms with Gasteiger partial charge in [0, 0.05) is 10.8 Å². The quantitative estimate of drug-likeness (QED) is 0.535. The average molecular weight is 364 g/mol. The summed E-state index contributed by atoms with van der Waals surface area (Å²) in [6, 6.07) is 17.7. The van der Waals surface area contributed by atoms with Gasteiger partial charge < -0.3 is 0 Å². The third-order valence-corrected chi connectivity index (χ3v) is 6.32. The van der Waals surface area contributed by atoms with E-state index in [-0.39, 0.29) is 10.8 Å². The van der Waals surface area contributed by atoms with Gasteiger partial charge in [0.25, 0.3) is 0 Å². The largest absolute Gasteiger partial charge is 0.250 e. The van der Waals surface area contributed by atoms with Gasteiger partial charge in [0.05, 0.1) is 22.8 Å². The van der Waals surface area contributed by atoms with E-state index >= 15 is 0 Å². The fraction of sp³-hybridized carbons (Fsp3) is 0.231. The standard InChI is InChI=1S/C26H24N2/c1-25(2)19-9-5-7-17(15-19)18-8-6-10-20(16-18)26(3,4)24-14-12-22(28-24)21-11-13-23(25)27-21/h5-16H,1-4H3/b22-21-. The van der Waals surface area contributed by atoms with E-state index in [0.717, 1.165) is 22.8 Å². The highest BCUT2D eigenvalue weighted by Crippen LogP contribution is 2.37. The molecule has 0 radical (unpaired) electrons. The Morgan fingerprint density at radius 1 is 0.571 bits per heavy atom. The molecule has 0 aliphatic carbocycles. The topological polar surface area (TPSA) is 24.7 Å². The van der Waals surface area contributed by atoms with Gasteiger partial charge in [-0.25, -0.2) is 0 Å². The fourth-order valence-electron chi connectivity index (χ4n) is 4.18. The van der Waals surface area contributed by atoms with Crippen molar-refractivity contribution in [2.75, 3.05) is 0 Å². The molecule has 3 aliphatic heterocycles. The summed E-state index contributed by atoms with van der Waals surface area (Å²) in [5.41, 5.74) is 8.73. The molecular formula is C26H24N2. The lowest BCUT2D eigenvalue weighted by Gasteiger charge is -2.27. The van der Waals surface area contributed by atoms with Gasteiger partial charge in [-0.05, 0) is 46.6 Å². The van der Waals surface area contributed by atoms with Crippen LogP contribution in [-0.4, -0.2) is 11.4 Å². The molecule has 0 saturated carbocycles. The van der Waals surface area contributed by atoms with Gasteiger partial charge in [0.15, 0.2) is 0 Å². The highest BCUT2D eigenvalue weighted by atomic mass is 14.9. The number of hydrogen-bond donors (Lipinski definition) is 0. The molecule has 2 nitrogen and oxygen atoms in total. The van der Waals surface area contributed by atoms with E-state index in [4.69, 9.17) is 9.98 Å². The molecule has 0 aromatic heterocycles. The van der Waals surface area contributed by atoms with E-state index < -0.39 is 0 Å². The lowest BCUT2D eigenvalue weighted by atomic mass is 9.78. The summed E-state index contributed by atoms with van der Waals surface area (Å²) in [5, 5.41) is 0. The summed E-state index contributed by atoms with van der Waals surface area (Å²) in [7, 11) is 0.